The van der Waals surface area contributed by atoms with Gasteiger partial charge in [0.1, 0.15) is 11.3 Å². The normalized spacial score (nSPS) is 18.1. The maximum Gasteiger partial charge on any atom is 0.223 e. The fraction of sp³-hybridized carbons (Fsp3) is 0.400. The number of fused-ring (bicyclic) bond motifs is 3. The van der Waals surface area contributed by atoms with Crippen LogP contribution in [0.4, 0.5) is 0 Å². The molecule has 1 aromatic carbocycles. The van der Waals surface area contributed by atoms with Gasteiger partial charge in [0.2, 0.25) is 5.89 Å². The highest BCUT2D eigenvalue weighted by Crippen LogP contribution is 2.32. The number of pyridine rings is 1. The Hall–Kier alpha value is -2.80. The van der Waals surface area contributed by atoms with Crippen molar-refractivity contribution in [3.63, 3.8) is 0 Å². The molecule has 0 spiro atoms. The molecule has 7 nitrogen and oxygen atoms in total. The second kappa shape index (κ2) is 6.13. The van der Waals surface area contributed by atoms with E-state index in [2.05, 4.69) is 56.8 Å². The quantitative estimate of drug-likeness (QED) is 0.558. The van der Waals surface area contributed by atoms with Crippen LogP contribution in [0.5, 0.6) is 0 Å². The van der Waals surface area contributed by atoms with Gasteiger partial charge >= 0.3 is 0 Å². The first-order chi connectivity index (χ1) is 13.1. The van der Waals surface area contributed by atoms with Crippen LogP contribution in [0, 0.1) is 13.8 Å². The number of likely N-dealkylation sites (tertiary alicyclic amines) is 1. The van der Waals surface area contributed by atoms with Crippen molar-refractivity contribution >= 4 is 21.9 Å². The van der Waals surface area contributed by atoms with E-state index in [4.69, 9.17) is 9.51 Å². The monoisotopic (exact) mass is 362 g/mol. The fourth-order valence-electron chi connectivity index (χ4n) is 4.13. The molecule has 0 aliphatic carbocycles. The summed E-state index contributed by atoms with van der Waals surface area (Å²) in [6.45, 7) is 6.03. The number of hydrogen-bond acceptors (Lipinski definition) is 6. The Bertz CT molecular complexity index is 1140. The van der Waals surface area contributed by atoms with Gasteiger partial charge in [0, 0.05) is 24.9 Å². The molecule has 1 aliphatic rings. The zero-order valence-corrected chi connectivity index (χ0v) is 15.8. The molecule has 5 rings (SSSR count). The molecule has 0 radical (unpaired) electrons. The molecular weight excluding hydrogens is 340 g/mol. The van der Waals surface area contributed by atoms with Crippen LogP contribution in [-0.2, 0) is 6.42 Å². The predicted octanol–water partition coefficient (Wildman–Crippen LogP) is 3.05. The molecule has 1 atom stereocenters. The van der Waals surface area contributed by atoms with Crippen molar-refractivity contribution in [2.75, 3.05) is 20.1 Å². The van der Waals surface area contributed by atoms with Crippen molar-refractivity contribution in [1.29, 1.82) is 0 Å². The Morgan fingerprint density at radius 2 is 2.07 bits per heavy atom. The van der Waals surface area contributed by atoms with Crippen LogP contribution in [0.15, 0.2) is 28.9 Å². The van der Waals surface area contributed by atoms with Gasteiger partial charge in [0.15, 0.2) is 5.82 Å². The van der Waals surface area contributed by atoms with E-state index >= 15 is 0 Å². The predicted molar refractivity (Wildman–Crippen MR) is 103 cm³/mol. The SMILES string of the molecule is Cc1ccc2ncc3nc(Cc4noc(C)n4)n([C@@H]4CCN(C)C4)c3c2c1. The largest absolute Gasteiger partial charge is 0.340 e. The summed E-state index contributed by atoms with van der Waals surface area (Å²) in [5.41, 5.74) is 4.32. The van der Waals surface area contributed by atoms with E-state index in [9.17, 15) is 0 Å². The van der Waals surface area contributed by atoms with Gasteiger partial charge in [-0.05, 0) is 39.1 Å². The Kier molecular flexibility index (Phi) is 3.72. The minimum atomic E-state index is 0.383. The summed E-state index contributed by atoms with van der Waals surface area (Å²) in [7, 11) is 2.17. The molecule has 3 aromatic heterocycles. The molecule has 4 aromatic rings. The highest BCUT2D eigenvalue weighted by Gasteiger charge is 2.27. The molecule has 0 amide bonds. The summed E-state index contributed by atoms with van der Waals surface area (Å²) in [5.74, 6) is 2.22. The van der Waals surface area contributed by atoms with Crippen LogP contribution in [0.2, 0.25) is 0 Å². The molecule has 1 aliphatic heterocycles. The lowest BCUT2D eigenvalue weighted by Crippen LogP contribution is -2.18. The van der Waals surface area contributed by atoms with E-state index in [0.29, 0.717) is 24.2 Å². The molecule has 0 N–H and O–H groups in total. The second-order valence-electron chi connectivity index (χ2n) is 7.52. The first kappa shape index (κ1) is 16.4. The molecule has 0 bridgehead atoms. The van der Waals surface area contributed by atoms with Crippen LogP contribution in [0.1, 0.15) is 35.6 Å². The number of imidazole rings is 1. The van der Waals surface area contributed by atoms with E-state index in [1.54, 1.807) is 0 Å². The van der Waals surface area contributed by atoms with Gasteiger partial charge in [-0.2, -0.15) is 4.98 Å². The number of benzene rings is 1. The van der Waals surface area contributed by atoms with E-state index < -0.39 is 0 Å². The minimum Gasteiger partial charge on any atom is -0.340 e. The number of aryl methyl sites for hydroxylation is 2. The van der Waals surface area contributed by atoms with Gasteiger partial charge in [-0.15, -0.1) is 0 Å². The van der Waals surface area contributed by atoms with Crippen molar-refractivity contribution in [3.05, 3.63) is 47.5 Å². The first-order valence-electron chi connectivity index (χ1n) is 9.32. The van der Waals surface area contributed by atoms with Gasteiger partial charge < -0.3 is 14.0 Å². The Labute approximate surface area is 157 Å². The molecule has 4 heterocycles. The number of nitrogens with zero attached hydrogens (tertiary/aromatic N) is 6. The van der Waals surface area contributed by atoms with Crippen LogP contribution < -0.4 is 0 Å². The highest BCUT2D eigenvalue weighted by molar-refractivity contribution is 6.02. The molecular formula is C20H22N6O. The van der Waals surface area contributed by atoms with Crippen LogP contribution in [0.3, 0.4) is 0 Å². The molecule has 138 valence electrons. The van der Waals surface area contributed by atoms with Crippen molar-refractivity contribution in [2.45, 2.75) is 32.7 Å². The first-order valence-corrected chi connectivity index (χ1v) is 9.32. The molecule has 1 fully saturated rings. The lowest BCUT2D eigenvalue weighted by atomic mass is 10.1. The molecule has 7 heteroatoms. The summed E-state index contributed by atoms with van der Waals surface area (Å²) in [6, 6.07) is 6.79. The van der Waals surface area contributed by atoms with Crippen molar-refractivity contribution in [3.8, 4) is 0 Å². The maximum atomic E-state index is 5.16. The van der Waals surface area contributed by atoms with E-state index in [0.717, 1.165) is 41.8 Å². The summed E-state index contributed by atoms with van der Waals surface area (Å²) in [5, 5.41) is 5.23. The smallest absolute Gasteiger partial charge is 0.223 e. The summed E-state index contributed by atoms with van der Waals surface area (Å²) < 4.78 is 7.56. The zero-order chi connectivity index (χ0) is 18.5. The Balaban J connectivity index is 1.75. The minimum absolute atomic E-state index is 0.383. The summed E-state index contributed by atoms with van der Waals surface area (Å²) in [4.78, 5) is 16.3. The number of likely N-dealkylation sites (N-methyl/N-ethyl adjacent to an activating group) is 1. The Morgan fingerprint density at radius 1 is 1.19 bits per heavy atom. The van der Waals surface area contributed by atoms with Gasteiger partial charge in [-0.25, -0.2) is 4.98 Å². The third-order valence-corrected chi connectivity index (χ3v) is 5.36. The molecule has 0 saturated carbocycles. The summed E-state index contributed by atoms with van der Waals surface area (Å²) >= 11 is 0. The molecule has 0 unspecified atom stereocenters. The third kappa shape index (κ3) is 2.78. The molecule has 1 saturated heterocycles. The van der Waals surface area contributed by atoms with E-state index in [1.165, 1.54) is 11.1 Å². The van der Waals surface area contributed by atoms with Crippen molar-refractivity contribution in [2.24, 2.45) is 0 Å². The summed E-state index contributed by atoms with van der Waals surface area (Å²) in [6.07, 6.45) is 3.54. The zero-order valence-electron chi connectivity index (χ0n) is 15.8. The van der Waals surface area contributed by atoms with Crippen LogP contribution >= 0.6 is 0 Å². The topological polar surface area (TPSA) is 72.9 Å². The average Bonchev–Trinajstić information content (AvgIpc) is 3.33. The number of hydrogen-bond donors (Lipinski definition) is 0. The van der Waals surface area contributed by atoms with E-state index in [-0.39, 0.29) is 0 Å². The third-order valence-electron chi connectivity index (χ3n) is 5.36. The van der Waals surface area contributed by atoms with Crippen LogP contribution in [0.25, 0.3) is 21.9 Å². The lowest BCUT2D eigenvalue weighted by molar-refractivity contribution is 0.385. The number of rotatable bonds is 3. The van der Waals surface area contributed by atoms with Gasteiger partial charge in [-0.3, -0.25) is 4.98 Å². The second-order valence-corrected chi connectivity index (χ2v) is 7.52. The van der Waals surface area contributed by atoms with Gasteiger partial charge in [0.25, 0.3) is 0 Å². The lowest BCUT2D eigenvalue weighted by Gasteiger charge is -2.17. The number of aromatic nitrogens is 5. The van der Waals surface area contributed by atoms with Gasteiger partial charge in [-0.1, -0.05) is 16.8 Å². The molecule has 27 heavy (non-hydrogen) atoms. The van der Waals surface area contributed by atoms with Crippen molar-refractivity contribution < 1.29 is 4.52 Å². The van der Waals surface area contributed by atoms with Gasteiger partial charge in [0.05, 0.1) is 23.7 Å². The highest BCUT2D eigenvalue weighted by atomic mass is 16.5. The average molecular weight is 362 g/mol. The maximum absolute atomic E-state index is 5.16. The van der Waals surface area contributed by atoms with Crippen LogP contribution in [-0.4, -0.2) is 49.7 Å². The van der Waals surface area contributed by atoms with E-state index in [1.807, 2.05) is 13.1 Å². The standard InChI is InChI=1S/C20H22N6O/c1-12-4-5-16-15(8-12)20-17(10-21-16)23-19(9-18-22-13(2)27-24-18)26(20)14-6-7-25(3)11-14/h4-5,8,10,14H,6-7,9,11H2,1-3H3/t14-/m1/s1. The Morgan fingerprint density at radius 3 is 2.81 bits per heavy atom. The fourth-order valence-corrected chi connectivity index (χ4v) is 4.13. The van der Waals surface area contributed by atoms with Crippen molar-refractivity contribution in [1.82, 2.24) is 29.6 Å².